The van der Waals surface area contributed by atoms with Gasteiger partial charge in [-0.15, -0.1) is 0 Å². The highest BCUT2D eigenvalue weighted by Gasteiger charge is 2.26. The summed E-state index contributed by atoms with van der Waals surface area (Å²) in [5, 5.41) is 16.9. The first-order chi connectivity index (χ1) is 11.0. The molecule has 0 saturated carbocycles. The van der Waals surface area contributed by atoms with Crippen LogP contribution < -0.4 is 5.32 Å². The van der Waals surface area contributed by atoms with Crippen molar-refractivity contribution >= 4 is 6.03 Å². The number of carbonyl (C=O) groups is 1. The second kappa shape index (κ2) is 7.79. The summed E-state index contributed by atoms with van der Waals surface area (Å²) in [6.07, 6.45) is 1.71. The van der Waals surface area contributed by atoms with E-state index in [0.717, 1.165) is 30.6 Å². The maximum atomic E-state index is 12.3. The average Bonchev–Trinajstić information content (AvgIpc) is 2.91. The first-order valence-electron chi connectivity index (χ1n) is 8.35. The number of carbonyl (C=O) groups excluding carboxylic acids is 1. The van der Waals surface area contributed by atoms with Gasteiger partial charge in [0.1, 0.15) is 0 Å². The van der Waals surface area contributed by atoms with Crippen LogP contribution in [0.2, 0.25) is 0 Å². The molecule has 0 radical (unpaired) electrons. The number of nitrogens with one attached hydrogen (secondary N) is 1. The zero-order valence-electron chi connectivity index (χ0n) is 14.7. The van der Waals surface area contributed by atoms with Crippen molar-refractivity contribution in [1.29, 1.82) is 0 Å². The summed E-state index contributed by atoms with van der Waals surface area (Å²) in [6.45, 7) is 6.79. The minimum atomic E-state index is -0.0782. The molecule has 2 rings (SSSR count). The fourth-order valence-electron chi connectivity index (χ4n) is 2.88. The average molecular weight is 323 g/mol. The summed E-state index contributed by atoms with van der Waals surface area (Å²) in [7, 11) is 4.08. The van der Waals surface area contributed by atoms with Crippen molar-refractivity contribution in [2.24, 2.45) is 0 Å². The van der Waals surface area contributed by atoms with Gasteiger partial charge in [0, 0.05) is 43.4 Å². The number of aliphatic hydroxyl groups excluding tert-OH is 1. The van der Waals surface area contributed by atoms with Crippen molar-refractivity contribution in [3.8, 4) is 0 Å². The Morgan fingerprint density at radius 1 is 1.48 bits per heavy atom. The van der Waals surface area contributed by atoms with Gasteiger partial charge < -0.3 is 20.2 Å². The number of hydrogen-bond donors (Lipinski definition) is 2. The van der Waals surface area contributed by atoms with Crippen molar-refractivity contribution in [3.63, 3.8) is 0 Å². The van der Waals surface area contributed by atoms with E-state index in [2.05, 4.69) is 22.2 Å². The van der Waals surface area contributed by atoms with Crippen LogP contribution in [0.1, 0.15) is 37.2 Å². The number of nitrogens with zero attached hydrogens (tertiary/aromatic N) is 4. The van der Waals surface area contributed by atoms with Gasteiger partial charge in [-0.3, -0.25) is 4.68 Å². The highest BCUT2D eigenvalue weighted by atomic mass is 16.3. The third kappa shape index (κ3) is 4.03. The van der Waals surface area contributed by atoms with E-state index in [1.807, 2.05) is 30.6 Å². The summed E-state index contributed by atoms with van der Waals surface area (Å²) < 4.78 is 1.94. The van der Waals surface area contributed by atoms with E-state index in [-0.39, 0.29) is 12.6 Å². The largest absolute Gasteiger partial charge is 0.390 e. The molecule has 1 aromatic heterocycles. The first kappa shape index (κ1) is 17.7. The SMILES string of the molecule is CCn1nc(CO)c2c1CCN(C(=O)NCC[C@@H](C)N(C)C)C2. The highest BCUT2D eigenvalue weighted by molar-refractivity contribution is 5.74. The molecule has 1 aliphatic heterocycles. The van der Waals surface area contributed by atoms with Crippen LogP contribution in [-0.4, -0.2) is 63.9 Å². The minimum absolute atomic E-state index is 0.0326. The highest BCUT2D eigenvalue weighted by Crippen LogP contribution is 2.22. The first-order valence-corrected chi connectivity index (χ1v) is 8.35. The van der Waals surface area contributed by atoms with Crippen LogP contribution in [0.3, 0.4) is 0 Å². The van der Waals surface area contributed by atoms with Gasteiger partial charge in [0.15, 0.2) is 0 Å². The molecule has 0 bridgehead atoms. The quantitative estimate of drug-likeness (QED) is 0.812. The van der Waals surface area contributed by atoms with Crippen molar-refractivity contribution in [2.45, 2.75) is 52.4 Å². The number of hydrogen-bond acceptors (Lipinski definition) is 4. The van der Waals surface area contributed by atoms with E-state index >= 15 is 0 Å². The van der Waals surface area contributed by atoms with E-state index in [1.165, 1.54) is 0 Å². The lowest BCUT2D eigenvalue weighted by Crippen LogP contribution is -2.44. The minimum Gasteiger partial charge on any atom is -0.390 e. The molecule has 1 atom stereocenters. The standard InChI is InChI=1S/C16H29N5O2/c1-5-21-15-7-9-20(10-13(15)14(11-22)18-21)16(23)17-8-6-12(2)19(3)4/h12,22H,5-11H2,1-4H3,(H,17,23)/t12-/m1/s1. The Labute approximate surface area is 138 Å². The lowest BCUT2D eigenvalue weighted by Gasteiger charge is -2.28. The van der Waals surface area contributed by atoms with Gasteiger partial charge >= 0.3 is 6.03 Å². The van der Waals surface area contributed by atoms with Crippen LogP contribution in [-0.2, 0) is 26.1 Å². The molecule has 0 fully saturated rings. The Kier molecular flexibility index (Phi) is 6.01. The number of aryl methyl sites for hydroxylation is 1. The molecule has 23 heavy (non-hydrogen) atoms. The van der Waals surface area contributed by atoms with Gasteiger partial charge in [-0.05, 0) is 34.4 Å². The van der Waals surface area contributed by atoms with Gasteiger partial charge in [-0.25, -0.2) is 4.79 Å². The number of fused-ring (bicyclic) bond motifs is 1. The maximum absolute atomic E-state index is 12.3. The smallest absolute Gasteiger partial charge is 0.317 e. The zero-order chi connectivity index (χ0) is 17.0. The fourth-order valence-corrected chi connectivity index (χ4v) is 2.88. The summed E-state index contributed by atoms with van der Waals surface area (Å²) in [6, 6.07) is 0.404. The van der Waals surface area contributed by atoms with Crippen molar-refractivity contribution in [1.82, 2.24) is 24.9 Å². The Morgan fingerprint density at radius 3 is 2.83 bits per heavy atom. The Morgan fingerprint density at radius 2 is 2.22 bits per heavy atom. The molecule has 2 amide bonds. The lowest BCUT2D eigenvalue weighted by molar-refractivity contribution is 0.189. The van der Waals surface area contributed by atoms with Gasteiger partial charge in [0.25, 0.3) is 0 Å². The van der Waals surface area contributed by atoms with Crippen LogP contribution in [0.25, 0.3) is 0 Å². The molecular formula is C16H29N5O2. The molecule has 0 aliphatic carbocycles. The van der Waals surface area contributed by atoms with Gasteiger partial charge in [0.2, 0.25) is 0 Å². The Balaban J connectivity index is 1.94. The van der Waals surface area contributed by atoms with Crippen LogP contribution in [0.4, 0.5) is 4.79 Å². The predicted molar refractivity (Wildman–Crippen MR) is 89.1 cm³/mol. The summed E-state index contributed by atoms with van der Waals surface area (Å²) >= 11 is 0. The monoisotopic (exact) mass is 323 g/mol. The molecule has 0 unspecified atom stereocenters. The van der Waals surface area contributed by atoms with Crippen LogP contribution in [0.15, 0.2) is 0 Å². The van der Waals surface area contributed by atoms with Crippen molar-refractivity contribution in [3.05, 3.63) is 17.0 Å². The number of aromatic nitrogens is 2. The fraction of sp³-hybridized carbons (Fsp3) is 0.750. The van der Waals surface area contributed by atoms with E-state index < -0.39 is 0 Å². The molecule has 1 aromatic rings. The second-order valence-electron chi connectivity index (χ2n) is 6.35. The molecule has 1 aliphatic rings. The molecule has 0 spiro atoms. The molecule has 2 N–H and O–H groups in total. The molecule has 2 heterocycles. The van der Waals surface area contributed by atoms with Crippen LogP contribution >= 0.6 is 0 Å². The molecule has 0 saturated heterocycles. The number of rotatable bonds is 6. The number of aliphatic hydroxyl groups is 1. The summed E-state index contributed by atoms with van der Waals surface area (Å²) in [5.74, 6) is 0. The normalized spacial score (nSPS) is 15.7. The summed E-state index contributed by atoms with van der Waals surface area (Å²) in [5.41, 5.74) is 2.86. The van der Waals surface area contributed by atoms with Crippen molar-refractivity contribution < 1.29 is 9.90 Å². The summed E-state index contributed by atoms with van der Waals surface area (Å²) in [4.78, 5) is 16.3. The van der Waals surface area contributed by atoms with E-state index in [1.54, 1.807) is 0 Å². The van der Waals surface area contributed by atoms with Crippen LogP contribution in [0, 0.1) is 0 Å². The molecule has 7 nitrogen and oxygen atoms in total. The molecular weight excluding hydrogens is 294 g/mol. The molecule has 0 aromatic carbocycles. The third-order valence-electron chi connectivity index (χ3n) is 4.67. The maximum Gasteiger partial charge on any atom is 0.317 e. The molecule has 7 heteroatoms. The van der Waals surface area contributed by atoms with E-state index in [9.17, 15) is 9.90 Å². The van der Waals surface area contributed by atoms with Gasteiger partial charge in [-0.1, -0.05) is 0 Å². The van der Waals surface area contributed by atoms with E-state index in [4.69, 9.17) is 0 Å². The Bertz CT molecular complexity index is 541. The molecule has 130 valence electrons. The number of amides is 2. The third-order valence-corrected chi connectivity index (χ3v) is 4.67. The van der Waals surface area contributed by atoms with Gasteiger partial charge in [0.05, 0.1) is 18.8 Å². The number of urea groups is 1. The second-order valence-corrected chi connectivity index (χ2v) is 6.35. The van der Waals surface area contributed by atoms with Crippen molar-refractivity contribution in [2.75, 3.05) is 27.2 Å². The lowest BCUT2D eigenvalue weighted by atomic mass is 10.1. The van der Waals surface area contributed by atoms with E-state index in [0.29, 0.717) is 31.4 Å². The Hall–Kier alpha value is -1.60. The van der Waals surface area contributed by atoms with Gasteiger partial charge in [-0.2, -0.15) is 5.10 Å². The van der Waals surface area contributed by atoms with Crippen LogP contribution in [0.5, 0.6) is 0 Å². The zero-order valence-corrected chi connectivity index (χ0v) is 14.7. The predicted octanol–water partition coefficient (Wildman–Crippen LogP) is 0.803. The topological polar surface area (TPSA) is 73.6 Å².